The van der Waals surface area contributed by atoms with E-state index in [0.29, 0.717) is 6.07 Å². The molecule has 0 spiro atoms. The minimum Gasteiger partial charge on any atom is -0.375 e. The van der Waals surface area contributed by atoms with Crippen LogP contribution >= 0.6 is 0 Å². The number of nitrogens with zero attached hydrogens (tertiary/aromatic N) is 3. The first-order valence-electron chi connectivity index (χ1n) is 6.70. The van der Waals surface area contributed by atoms with Gasteiger partial charge in [0.25, 0.3) is 0 Å². The van der Waals surface area contributed by atoms with Crippen LogP contribution in [0.15, 0.2) is 30.9 Å². The van der Waals surface area contributed by atoms with Gasteiger partial charge in [0.15, 0.2) is 5.37 Å². The van der Waals surface area contributed by atoms with Crippen LogP contribution in [0, 0.1) is 11.6 Å². The Labute approximate surface area is 132 Å². The highest BCUT2D eigenvalue weighted by atomic mass is 32.2. The molecule has 0 aliphatic rings. The molecule has 0 aliphatic carbocycles. The SMILES string of the molecule is CC[C@@](C)(O)NS(=O)(=O)[C@H](c1ccc(F)cc1F)n1cncn1. The Bertz CT molecular complexity index is 779. The van der Waals surface area contributed by atoms with Gasteiger partial charge in [-0.3, -0.25) is 0 Å². The first-order valence-corrected chi connectivity index (χ1v) is 8.25. The molecule has 0 radical (unpaired) electrons. The molecule has 1 aromatic heterocycles. The number of nitrogens with one attached hydrogen (secondary N) is 1. The quantitative estimate of drug-likeness (QED) is 0.765. The molecule has 2 atom stereocenters. The topological polar surface area (TPSA) is 97.1 Å². The highest BCUT2D eigenvalue weighted by Crippen LogP contribution is 2.27. The first kappa shape index (κ1) is 17.4. The lowest BCUT2D eigenvalue weighted by Gasteiger charge is -2.27. The van der Waals surface area contributed by atoms with Gasteiger partial charge in [-0.25, -0.2) is 26.9 Å². The van der Waals surface area contributed by atoms with E-state index in [2.05, 4.69) is 14.8 Å². The van der Waals surface area contributed by atoms with Gasteiger partial charge in [0.05, 0.1) is 0 Å². The van der Waals surface area contributed by atoms with Crippen LogP contribution in [0.2, 0.25) is 0 Å². The van der Waals surface area contributed by atoms with Crippen LogP contribution in [-0.2, 0) is 10.0 Å². The third-order valence-electron chi connectivity index (χ3n) is 3.25. The van der Waals surface area contributed by atoms with Crippen LogP contribution in [0.4, 0.5) is 8.78 Å². The van der Waals surface area contributed by atoms with Crippen molar-refractivity contribution in [2.24, 2.45) is 0 Å². The van der Waals surface area contributed by atoms with Crippen molar-refractivity contribution >= 4 is 10.0 Å². The fraction of sp³-hybridized carbons (Fsp3) is 0.385. The van der Waals surface area contributed by atoms with E-state index in [0.717, 1.165) is 29.5 Å². The molecule has 2 rings (SSSR count). The minimum absolute atomic E-state index is 0.0855. The molecule has 0 saturated heterocycles. The van der Waals surface area contributed by atoms with Crippen LogP contribution in [0.5, 0.6) is 0 Å². The lowest BCUT2D eigenvalue weighted by Crippen LogP contribution is -2.48. The van der Waals surface area contributed by atoms with Crippen LogP contribution in [-0.4, -0.2) is 34.0 Å². The fourth-order valence-corrected chi connectivity index (χ4v) is 3.71. The summed E-state index contributed by atoms with van der Waals surface area (Å²) in [5.74, 6) is -1.89. The molecule has 0 bridgehead atoms. The zero-order valence-electron chi connectivity index (χ0n) is 12.4. The summed E-state index contributed by atoms with van der Waals surface area (Å²) in [6.45, 7) is 2.84. The summed E-state index contributed by atoms with van der Waals surface area (Å²) in [7, 11) is -4.31. The molecule has 0 amide bonds. The maximum absolute atomic E-state index is 14.1. The second-order valence-electron chi connectivity index (χ2n) is 5.17. The van der Waals surface area contributed by atoms with Gasteiger partial charge < -0.3 is 5.11 Å². The smallest absolute Gasteiger partial charge is 0.241 e. The summed E-state index contributed by atoms with van der Waals surface area (Å²) in [6, 6.07) is 2.53. The summed E-state index contributed by atoms with van der Waals surface area (Å²) >= 11 is 0. The zero-order chi connectivity index (χ0) is 17.3. The van der Waals surface area contributed by atoms with E-state index < -0.39 is 32.8 Å². The molecular formula is C13H16F2N4O3S. The van der Waals surface area contributed by atoms with Gasteiger partial charge >= 0.3 is 0 Å². The molecule has 10 heteroatoms. The summed E-state index contributed by atoms with van der Waals surface area (Å²) in [5, 5.41) is 12.0. The van der Waals surface area contributed by atoms with E-state index in [-0.39, 0.29) is 12.0 Å². The molecular weight excluding hydrogens is 330 g/mol. The molecule has 1 heterocycles. The fourth-order valence-electron chi connectivity index (χ4n) is 1.93. The number of benzene rings is 1. The van der Waals surface area contributed by atoms with Gasteiger partial charge in [0, 0.05) is 11.6 Å². The van der Waals surface area contributed by atoms with Gasteiger partial charge in [0.2, 0.25) is 10.0 Å². The van der Waals surface area contributed by atoms with Crippen molar-refractivity contribution in [3.05, 3.63) is 48.1 Å². The molecule has 0 unspecified atom stereocenters. The Hall–Kier alpha value is -1.91. The number of rotatable bonds is 6. The van der Waals surface area contributed by atoms with Crippen LogP contribution in [0.25, 0.3) is 0 Å². The van der Waals surface area contributed by atoms with E-state index in [4.69, 9.17) is 0 Å². The van der Waals surface area contributed by atoms with Gasteiger partial charge in [-0.1, -0.05) is 6.92 Å². The molecule has 0 aliphatic heterocycles. The standard InChI is InChI=1S/C13H16F2N4O3S/c1-3-13(2,20)18-23(21,22)12(19-8-16-7-17-19)10-5-4-9(14)6-11(10)15/h4-8,12,18,20H,3H2,1-2H3/t12-,13-/m1/s1. The molecule has 23 heavy (non-hydrogen) atoms. The molecule has 2 aromatic rings. The summed E-state index contributed by atoms with van der Waals surface area (Å²) < 4.78 is 55.4. The molecule has 1 aromatic carbocycles. The number of hydrogen-bond acceptors (Lipinski definition) is 5. The highest BCUT2D eigenvalue weighted by Gasteiger charge is 2.36. The van der Waals surface area contributed by atoms with Crippen molar-refractivity contribution in [3.8, 4) is 0 Å². The Morgan fingerprint density at radius 1 is 1.43 bits per heavy atom. The van der Waals surface area contributed by atoms with Crippen LogP contribution < -0.4 is 4.72 Å². The second kappa shape index (κ2) is 6.30. The first-order chi connectivity index (χ1) is 10.7. The number of halogens is 2. The summed E-state index contributed by atoms with van der Waals surface area (Å²) in [6.07, 6.45) is 2.26. The number of hydrogen-bond donors (Lipinski definition) is 2. The third kappa shape index (κ3) is 3.89. The van der Waals surface area contributed by atoms with Gasteiger partial charge in [-0.05, 0) is 25.5 Å². The van der Waals surface area contributed by atoms with Crippen LogP contribution in [0.3, 0.4) is 0 Å². The van der Waals surface area contributed by atoms with Gasteiger partial charge in [-0.15, -0.1) is 0 Å². The zero-order valence-corrected chi connectivity index (χ0v) is 13.3. The predicted molar refractivity (Wildman–Crippen MR) is 77.5 cm³/mol. The Morgan fingerprint density at radius 2 is 2.13 bits per heavy atom. The summed E-state index contributed by atoms with van der Waals surface area (Å²) in [5.41, 5.74) is -2.05. The monoisotopic (exact) mass is 346 g/mol. The number of aromatic nitrogens is 3. The maximum atomic E-state index is 14.1. The van der Waals surface area contributed by atoms with Crippen LogP contribution in [0.1, 0.15) is 31.2 Å². The van der Waals surface area contributed by atoms with Crippen molar-refractivity contribution in [3.63, 3.8) is 0 Å². The minimum atomic E-state index is -4.31. The van der Waals surface area contributed by atoms with Crippen molar-refractivity contribution in [2.75, 3.05) is 0 Å². The Balaban J connectivity index is 2.56. The van der Waals surface area contributed by atoms with Crippen molar-refractivity contribution in [1.82, 2.24) is 19.5 Å². The van der Waals surface area contributed by atoms with E-state index in [1.807, 2.05) is 0 Å². The third-order valence-corrected chi connectivity index (χ3v) is 5.03. The van der Waals surface area contributed by atoms with E-state index >= 15 is 0 Å². The second-order valence-corrected chi connectivity index (χ2v) is 6.91. The number of sulfonamides is 1. The van der Waals surface area contributed by atoms with E-state index in [1.165, 1.54) is 6.92 Å². The van der Waals surface area contributed by atoms with Crippen molar-refractivity contribution in [1.29, 1.82) is 0 Å². The average molecular weight is 346 g/mol. The predicted octanol–water partition coefficient (Wildman–Crippen LogP) is 1.14. The van der Waals surface area contributed by atoms with E-state index in [9.17, 15) is 22.3 Å². The number of aliphatic hydroxyl groups is 1. The molecule has 0 fully saturated rings. The largest absolute Gasteiger partial charge is 0.375 e. The normalized spacial score (nSPS) is 16.0. The highest BCUT2D eigenvalue weighted by molar-refractivity contribution is 7.89. The van der Waals surface area contributed by atoms with Gasteiger partial charge in [-0.2, -0.15) is 9.82 Å². The Morgan fingerprint density at radius 3 is 2.65 bits per heavy atom. The van der Waals surface area contributed by atoms with Gasteiger partial charge in [0.1, 0.15) is 30.0 Å². The van der Waals surface area contributed by atoms with E-state index in [1.54, 1.807) is 6.92 Å². The van der Waals surface area contributed by atoms with Crippen molar-refractivity contribution in [2.45, 2.75) is 31.4 Å². The Kier molecular flexibility index (Phi) is 4.78. The summed E-state index contributed by atoms with van der Waals surface area (Å²) in [4.78, 5) is 3.65. The average Bonchev–Trinajstić information content (AvgIpc) is 2.94. The lowest BCUT2D eigenvalue weighted by atomic mass is 10.2. The molecule has 7 nitrogen and oxygen atoms in total. The van der Waals surface area contributed by atoms with Crippen molar-refractivity contribution < 1.29 is 22.3 Å². The molecule has 126 valence electrons. The maximum Gasteiger partial charge on any atom is 0.241 e. The molecule has 0 saturated carbocycles. The lowest BCUT2D eigenvalue weighted by molar-refractivity contribution is 0.0441. The molecule has 2 N–H and O–H groups in total.